The molecule has 0 aliphatic heterocycles. The van der Waals surface area contributed by atoms with Crippen molar-refractivity contribution in [3.63, 3.8) is 0 Å². The Bertz CT molecular complexity index is 1030. The lowest BCUT2D eigenvalue weighted by atomic mass is 10.1. The summed E-state index contributed by atoms with van der Waals surface area (Å²) in [5, 5.41) is 13.3. The Morgan fingerprint density at radius 2 is 1.85 bits per heavy atom. The highest BCUT2D eigenvalue weighted by Crippen LogP contribution is 2.30. The number of aryl methyl sites for hydroxylation is 2. The van der Waals surface area contributed by atoms with E-state index in [0.717, 1.165) is 26.8 Å². The first-order valence-electron chi connectivity index (χ1n) is 8.71. The Labute approximate surface area is 163 Å². The van der Waals surface area contributed by atoms with Crippen molar-refractivity contribution in [2.75, 3.05) is 13.2 Å². The zero-order chi connectivity index (χ0) is 19.6. The van der Waals surface area contributed by atoms with Crippen LogP contribution in [0.1, 0.15) is 29.7 Å². The Morgan fingerprint density at radius 3 is 2.52 bits per heavy atom. The van der Waals surface area contributed by atoms with Gasteiger partial charge in [-0.1, -0.05) is 18.2 Å². The van der Waals surface area contributed by atoms with Crippen molar-refractivity contribution in [1.82, 2.24) is 4.72 Å². The van der Waals surface area contributed by atoms with E-state index in [9.17, 15) is 13.5 Å². The normalized spacial score (nSPS) is 13.0. The molecule has 144 valence electrons. The molecule has 1 aromatic heterocycles. The number of fused-ring (bicyclic) bond motifs is 1. The van der Waals surface area contributed by atoms with Gasteiger partial charge < -0.3 is 9.84 Å². The van der Waals surface area contributed by atoms with E-state index in [1.807, 2.05) is 50.4 Å². The van der Waals surface area contributed by atoms with Gasteiger partial charge in [-0.3, -0.25) is 0 Å². The average Bonchev–Trinajstić information content (AvgIpc) is 3.07. The zero-order valence-corrected chi connectivity index (χ0v) is 17.2. The van der Waals surface area contributed by atoms with E-state index >= 15 is 0 Å². The van der Waals surface area contributed by atoms with Gasteiger partial charge in [0, 0.05) is 16.8 Å². The monoisotopic (exact) mass is 405 g/mol. The van der Waals surface area contributed by atoms with E-state index < -0.39 is 16.1 Å². The third kappa shape index (κ3) is 4.16. The Hall–Kier alpha value is -1.93. The summed E-state index contributed by atoms with van der Waals surface area (Å²) in [6, 6.07) is 10.9. The number of ether oxygens (including phenoxy) is 1. The number of hydrogen-bond donors (Lipinski definition) is 2. The molecule has 0 fully saturated rings. The topological polar surface area (TPSA) is 75.6 Å². The fourth-order valence-corrected chi connectivity index (χ4v) is 5.29. The van der Waals surface area contributed by atoms with Crippen molar-refractivity contribution < 1.29 is 18.3 Å². The summed E-state index contributed by atoms with van der Waals surface area (Å²) in [5.74, 6) is 0.709. The third-order valence-electron chi connectivity index (χ3n) is 4.37. The quantitative estimate of drug-likeness (QED) is 0.625. The predicted molar refractivity (Wildman–Crippen MR) is 109 cm³/mol. The van der Waals surface area contributed by atoms with Gasteiger partial charge in [0.1, 0.15) is 5.75 Å². The second-order valence-corrected chi connectivity index (χ2v) is 9.05. The van der Waals surface area contributed by atoms with E-state index in [-0.39, 0.29) is 11.4 Å². The molecular weight excluding hydrogens is 382 g/mol. The summed E-state index contributed by atoms with van der Waals surface area (Å²) < 4.78 is 34.5. The number of thiophene rings is 1. The van der Waals surface area contributed by atoms with Gasteiger partial charge in [0.2, 0.25) is 10.0 Å². The number of rotatable bonds is 7. The molecule has 1 heterocycles. The lowest BCUT2D eigenvalue weighted by molar-refractivity contribution is 0.184. The predicted octanol–water partition coefficient (Wildman–Crippen LogP) is 3.93. The highest BCUT2D eigenvalue weighted by Gasteiger charge is 2.20. The lowest BCUT2D eigenvalue weighted by Gasteiger charge is -2.15. The van der Waals surface area contributed by atoms with Crippen LogP contribution in [0.2, 0.25) is 0 Å². The van der Waals surface area contributed by atoms with Crippen molar-refractivity contribution in [1.29, 1.82) is 0 Å². The molecule has 0 amide bonds. The minimum Gasteiger partial charge on any atom is -0.493 e. The van der Waals surface area contributed by atoms with Crippen molar-refractivity contribution in [2.24, 2.45) is 0 Å². The molecule has 0 aliphatic carbocycles. The summed E-state index contributed by atoms with van der Waals surface area (Å²) in [4.78, 5) is 0.170. The van der Waals surface area contributed by atoms with Gasteiger partial charge in [-0.2, -0.15) is 0 Å². The summed E-state index contributed by atoms with van der Waals surface area (Å²) in [7, 11) is -3.74. The van der Waals surface area contributed by atoms with Crippen LogP contribution in [0.25, 0.3) is 10.1 Å². The molecule has 2 N–H and O–H groups in total. The summed E-state index contributed by atoms with van der Waals surface area (Å²) in [6.45, 7) is 5.97. The first kappa shape index (κ1) is 19.8. The van der Waals surface area contributed by atoms with E-state index in [4.69, 9.17) is 4.74 Å². The van der Waals surface area contributed by atoms with Crippen LogP contribution < -0.4 is 9.46 Å². The molecule has 0 aliphatic rings. The molecule has 3 rings (SSSR count). The van der Waals surface area contributed by atoms with Gasteiger partial charge in [0.25, 0.3) is 0 Å². The maximum atomic E-state index is 12.7. The molecule has 0 saturated carbocycles. The first-order valence-corrected chi connectivity index (χ1v) is 11.1. The van der Waals surface area contributed by atoms with Crippen molar-refractivity contribution in [3.05, 3.63) is 58.5 Å². The molecule has 3 aromatic rings. The number of benzene rings is 2. The summed E-state index contributed by atoms with van der Waals surface area (Å²) >= 11 is 1.53. The standard InChI is InChI=1S/C20H23NO4S2/c1-4-25-20-13(2)9-15(10-14(20)3)27(23,24)21-11-18(22)17-12-26-19-8-6-5-7-16(17)19/h5-10,12,18,21-22H,4,11H2,1-3H3. The fraction of sp³-hybridized carbons (Fsp3) is 0.300. The number of aliphatic hydroxyl groups excluding tert-OH is 1. The molecular formula is C20H23NO4S2. The number of nitrogens with one attached hydrogen (secondary N) is 1. The molecule has 7 heteroatoms. The molecule has 5 nitrogen and oxygen atoms in total. The van der Waals surface area contributed by atoms with E-state index in [0.29, 0.717) is 12.4 Å². The maximum absolute atomic E-state index is 12.7. The summed E-state index contributed by atoms with van der Waals surface area (Å²) in [6.07, 6.45) is -0.916. The Morgan fingerprint density at radius 1 is 1.19 bits per heavy atom. The van der Waals surface area contributed by atoms with Gasteiger partial charge in [-0.05, 0) is 60.9 Å². The molecule has 2 aromatic carbocycles. The SMILES string of the molecule is CCOc1c(C)cc(S(=O)(=O)NCC(O)c2csc3ccccc23)cc1C. The smallest absolute Gasteiger partial charge is 0.240 e. The maximum Gasteiger partial charge on any atom is 0.240 e. The minimum absolute atomic E-state index is 0.0889. The zero-order valence-electron chi connectivity index (χ0n) is 15.5. The second-order valence-electron chi connectivity index (χ2n) is 6.37. The molecule has 0 radical (unpaired) electrons. The molecule has 27 heavy (non-hydrogen) atoms. The van der Waals surface area contributed by atoms with Crippen LogP contribution in [0.5, 0.6) is 5.75 Å². The van der Waals surface area contributed by atoms with Crippen LogP contribution in [0.4, 0.5) is 0 Å². The van der Waals surface area contributed by atoms with Crippen LogP contribution in [0.15, 0.2) is 46.7 Å². The van der Waals surface area contributed by atoms with Gasteiger partial charge >= 0.3 is 0 Å². The molecule has 1 unspecified atom stereocenters. The van der Waals surface area contributed by atoms with Crippen LogP contribution in [-0.4, -0.2) is 26.7 Å². The molecule has 0 bridgehead atoms. The van der Waals surface area contributed by atoms with Gasteiger partial charge in [-0.15, -0.1) is 11.3 Å². The van der Waals surface area contributed by atoms with E-state index in [2.05, 4.69) is 4.72 Å². The Balaban J connectivity index is 1.79. The second kappa shape index (κ2) is 7.98. The highest BCUT2D eigenvalue weighted by molar-refractivity contribution is 7.89. The van der Waals surface area contributed by atoms with Crippen LogP contribution in [0.3, 0.4) is 0 Å². The first-order chi connectivity index (χ1) is 12.8. The van der Waals surface area contributed by atoms with Gasteiger partial charge in [0.05, 0.1) is 17.6 Å². The molecule has 1 atom stereocenters. The fourth-order valence-electron chi connectivity index (χ4n) is 3.08. The number of sulfonamides is 1. The van der Waals surface area contributed by atoms with E-state index in [1.54, 1.807) is 12.1 Å². The molecule has 0 saturated heterocycles. The van der Waals surface area contributed by atoms with Crippen LogP contribution in [-0.2, 0) is 10.0 Å². The highest BCUT2D eigenvalue weighted by atomic mass is 32.2. The van der Waals surface area contributed by atoms with Crippen LogP contribution in [0, 0.1) is 13.8 Å². The minimum atomic E-state index is -3.74. The average molecular weight is 406 g/mol. The van der Waals surface area contributed by atoms with Gasteiger partial charge in [0.15, 0.2) is 0 Å². The van der Waals surface area contributed by atoms with Crippen LogP contribution >= 0.6 is 11.3 Å². The molecule has 0 spiro atoms. The number of aliphatic hydroxyl groups is 1. The van der Waals surface area contributed by atoms with Crippen molar-refractivity contribution in [3.8, 4) is 5.75 Å². The third-order valence-corrected chi connectivity index (χ3v) is 6.75. The lowest BCUT2D eigenvalue weighted by Crippen LogP contribution is -2.28. The van der Waals surface area contributed by atoms with Crippen molar-refractivity contribution in [2.45, 2.75) is 31.8 Å². The van der Waals surface area contributed by atoms with Crippen molar-refractivity contribution >= 4 is 31.4 Å². The number of hydrogen-bond acceptors (Lipinski definition) is 5. The Kier molecular flexibility index (Phi) is 5.86. The largest absolute Gasteiger partial charge is 0.493 e. The summed E-state index contributed by atoms with van der Waals surface area (Å²) in [5.41, 5.74) is 2.26. The van der Waals surface area contributed by atoms with E-state index in [1.165, 1.54) is 11.3 Å². The van der Waals surface area contributed by atoms with Gasteiger partial charge in [-0.25, -0.2) is 13.1 Å².